The highest BCUT2D eigenvalue weighted by Gasteiger charge is 2.27. The van der Waals surface area contributed by atoms with E-state index in [0.717, 1.165) is 23.4 Å². The van der Waals surface area contributed by atoms with Crippen LogP contribution < -0.4 is 10.6 Å². The maximum atomic E-state index is 12.8. The molecule has 1 N–H and O–H groups in total. The Labute approximate surface area is 137 Å². The van der Waals surface area contributed by atoms with Crippen LogP contribution in [0.1, 0.15) is 23.2 Å². The Hall–Kier alpha value is -2.83. The maximum absolute atomic E-state index is 12.8. The van der Waals surface area contributed by atoms with E-state index in [0.29, 0.717) is 24.6 Å². The number of hydrogen-bond acceptors (Lipinski definition) is 3. The molecular formula is C17H17N5O2. The molecule has 0 atom stereocenters. The number of anilines is 1. The summed E-state index contributed by atoms with van der Waals surface area (Å²) >= 11 is 0. The van der Waals surface area contributed by atoms with Crippen molar-refractivity contribution in [2.75, 3.05) is 11.4 Å². The van der Waals surface area contributed by atoms with Gasteiger partial charge in [-0.1, -0.05) is 0 Å². The molecule has 24 heavy (non-hydrogen) atoms. The lowest BCUT2D eigenvalue weighted by Gasteiger charge is -2.14. The van der Waals surface area contributed by atoms with Crippen molar-refractivity contribution in [3.63, 3.8) is 0 Å². The number of aromatic nitrogens is 4. The van der Waals surface area contributed by atoms with Gasteiger partial charge in [-0.25, -0.2) is 9.48 Å². The zero-order valence-electron chi connectivity index (χ0n) is 13.1. The van der Waals surface area contributed by atoms with Crippen molar-refractivity contribution in [3.05, 3.63) is 46.5 Å². The van der Waals surface area contributed by atoms with Gasteiger partial charge in [0.1, 0.15) is 5.82 Å². The highest BCUT2D eigenvalue weighted by Crippen LogP contribution is 2.31. The number of fused-ring (bicyclic) bond motifs is 2. The van der Waals surface area contributed by atoms with E-state index in [1.54, 1.807) is 27.8 Å². The number of nitrogens with zero attached hydrogens (tertiary/aromatic N) is 4. The smallest absolute Gasteiger partial charge is 0.306 e. The summed E-state index contributed by atoms with van der Waals surface area (Å²) in [6.45, 7) is 2.10. The van der Waals surface area contributed by atoms with E-state index in [4.69, 9.17) is 0 Å². The van der Waals surface area contributed by atoms with E-state index in [1.165, 1.54) is 12.8 Å². The molecule has 7 nitrogen and oxygen atoms in total. The molecule has 1 fully saturated rings. The predicted molar refractivity (Wildman–Crippen MR) is 89.2 cm³/mol. The van der Waals surface area contributed by atoms with E-state index in [9.17, 15) is 9.59 Å². The monoisotopic (exact) mass is 323 g/mol. The van der Waals surface area contributed by atoms with Gasteiger partial charge in [0.2, 0.25) is 0 Å². The third-order valence-corrected chi connectivity index (χ3v) is 4.91. The largest absolute Gasteiger partial charge is 0.326 e. The first-order valence-corrected chi connectivity index (χ1v) is 8.27. The summed E-state index contributed by atoms with van der Waals surface area (Å²) in [5.41, 5.74) is 2.08. The van der Waals surface area contributed by atoms with Crippen molar-refractivity contribution < 1.29 is 4.79 Å². The molecule has 2 aliphatic rings. The quantitative estimate of drug-likeness (QED) is 0.795. The molecule has 1 amide bonds. The Morgan fingerprint density at radius 2 is 2.12 bits per heavy atom. The van der Waals surface area contributed by atoms with Crippen molar-refractivity contribution in [1.82, 2.24) is 19.3 Å². The summed E-state index contributed by atoms with van der Waals surface area (Å²) in [6.07, 6.45) is 4.09. The minimum absolute atomic E-state index is 0.0630. The molecule has 0 bridgehead atoms. The number of carbonyl (C=O) groups excluding carboxylic acids is 1. The average Bonchev–Trinajstić information content (AvgIpc) is 2.99. The first kappa shape index (κ1) is 13.6. The summed E-state index contributed by atoms with van der Waals surface area (Å²) < 4.78 is 3.61. The number of amides is 1. The number of imidazole rings is 1. The lowest BCUT2D eigenvalue weighted by atomic mass is 10.1. The second kappa shape index (κ2) is 4.83. The van der Waals surface area contributed by atoms with Crippen LogP contribution in [0.4, 0.5) is 5.82 Å². The molecule has 0 saturated heterocycles. The zero-order valence-corrected chi connectivity index (χ0v) is 13.1. The second-order valence-electron chi connectivity index (χ2n) is 6.59. The van der Waals surface area contributed by atoms with Crippen LogP contribution in [-0.4, -0.2) is 31.8 Å². The molecule has 3 heterocycles. The Morgan fingerprint density at radius 1 is 1.25 bits per heavy atom. The molecule has 1 saturated carbocycles. The standard InChI is InChI=1S/C17H17N5O2/c23-16(20-7-8-22-15(20)5-6-18-22)12-3-4-14-13(9-12)19-17(24)21(14)10-11-1-2-11/h3-6,9,11H,1-2,7-8,10H2,(H,19,24). The Kier molecular flexibility index (Phi) is 2.74. The van der Waals surface area contributed by atoms with Gasteiger partial charge >= 0.3 is 5.69 Å². The van der Waals surface area contributed by atoms with Crippen molar-refractivity contribution in [2.45, 2.75) is 25.9 Å². The van der Waals surface area contributed by atoms with Gasteiger partial charge in [-0.3, -0.25) is 14.3 Å². The van der Waals surface area contributed by atoms with Crippen molar-refractivity contribution >= 4 is 22.8 Å². The van der Waals surface area contributed by atoms with Crippen molar-refractivity contribution in [1.29, 1.82) is 0 Å². The van der Waals surface area contributed by atoms with Gasteiger partial charge in [0, 0.05) is 24.7 Å². The van der Waals surface area contributed by atoms with Crippen molar-refractivity contribution in [2.24, 2.45) is 5.92 Å². The molecule has 0 spiro atoms. The SMILES string of the molecule is O=C(c1ccc2c(c1)[nH]c(=O)n2CC1CC1)N1CCn2nccc21. The number of carbonyl (C=O) groups is 1. The number of nitrogens with one attached hydrogen (secondary N) is 1. The Morgan fingerprint density at radius 3 is 2.96 bits per heavy atom. The topological polar surface area (TPSA) is 75.9 Å². The lowest BCUT2D eigenvalue weighted by molar-refractivity contribution is 0.0989. The molecular weight excluding hydrogens is 306 g/mol. The zero-order chi connectivity index (χ0) is 16.3. The molecule has 1 aromatic carbocycles. The van der Waals surface area contributed by atoms with Gasteiger partial charge in [-0.05, 0) is 37.0 Å². The van der Waals surface area contributed by atoms with Crippen LogP contribution in [-0.2, 0) is 13.1 Å². The Bertz CT molecular complexity index is 1010. The molecule has 1 aliphatic carbocycles. The normalized spacial score (nSPS) is 16.8. The number of benzene rings is 1. The first-order valence-electron chi connectivity index (χ1n) is 8.27. The summed E-state index contributed by atoms with van der Waals surface area (Å²) in [5.74, 6) is 1.37. The fraction of sp³-hybridized carbons (Fsp3) is 0.353. The third-order valence-electron chi connectivity index (χ3n) is 4.91. The Balaban J connectivity index is 1.51. The average molecular weight is 323 g/mol. The fourth-order valence-corrected chi connectivity index (χ4v) is 3.43. The van der Waals surface area contributed by atoms with Crippen LogP contribution in [0.5, 0.6) is 0 Å². The molecule has 1 aliphatic heterocycles. The molecule has 0 unspecified atom stereocenters. The predicted octanol–water partition coefficient (Wildman–Crippen LogP) is 1.60. The van der Waals surface area contributed by atoms with Gasteiger partial charge < -0.3 is 4.98 Å². The molecule has 0 radical (unpaired) electrons. The summed E-state index contributed by atoms with van der Waals surface area (Å²) in [4.78, 5) is 29.6. The van der Waals surface area contributed by atoms with E-state index in [1.807, 2.05) is 16.8 Å². The van der Waals surface area contributed by atoms with Gasteiger partial charge in [0.15, 0.2) is 0 Å². The molecule has 122 valence electrons. The molecule has 5 rings (SSSR count). The highest BCUT2D eigenvalue weighted by molar-refractivity contribution is 6.07. The number of H-pyrrole nitrogens is 1. The second-order valence-corrected chi connectivity index (χ2v) is 6.59. The highest BCUT2D eigenvalue weighted by atomic mass is 16.2. The van der Waals surface area contributed by atoms with E-state index in [-0.39, 0.29) is 11.6 Å². The van der Waals surface area contributed by atoms with Crippen LogP contribution in [0.15, 0.2) is 35.3 Å². The summed E-state index contributed by atoms with van der Waals surface area (Å²) in [7, 11) is 0. The van der Waals surface area contributed by atoms with Crippen LogP contribution in [0.3, 0.4) is 0 Å². The molecule has 7 heteroatoms. The van der Waals surface area contributed by atoms with Crippen LogP contribution in [0.25, 0.3) is 11.0 Å². The van der Waals surface area contributed by atoms with Crippen LogP contribution in [0, 0.1) is 5.92 Å². The summed E-state index contributed by atoms with van der Waals surface area (Å²) in [6, 6.07) is 7.30. The van der Waals surface area contributed by atoms with E-state index >= 15 is 0 Å². The number of rotatable bonds is 3. The van der Waals surface area contributed by atoms with Gasteiger partial charge in [0.25, 0.3) is 5.91 Å². The summed E-state index contributed by atoms with van der Waals surface area (Å²) in [5, 5.41) is 4.19. The van der Waals surface area contributed by atoms with Gasteiger partial charge in [-0.2, -0.15) is 5.10 Å². The maximum Gasteiger partial charge on any atom is 0.326 e. The van der Waals surface area contributed by atoms with Crippen LogP contribution in [0.2, 0.25) is 0 Å². The first-order chi connectivity index (χ1) is 11.7. The minimum atomic E-state index is -0.0965. The van der Waals surface area contributed by atoms with Crippen LogP contribution >= 0.6 is 0 Å². The molecule has 3 aromatic rings. The third kappa shape index (κ3) is 2.01. The number of aromatic amines is 1. The lowest BCUT2D eigenvalue weighted by Crippen LogP contribution is -2.28. The van der Waals surface area contributed by atoms with E-state index < -0.39 is 0 Å². The van der Waals surface area contributed by atoms with Crippen molar-refractivity contribution in [3.8, 4) is 0 Å². The number of hydrogen-bond donors (Lipinski definition) is 1. The molecule has 2 aromatic heterocycles. The fourth-order valence-electron chi connectivity index (χ4n) is 3.43. The van der Waals surface area contributed by atoms with Gasteiger partial charge in [0.05, 0.1) is 23.8 Å². The van der Waals surface area contributed by atoms with Gasteiger partial charge in [-0.15, -0.1) is 0 Å². The minimum Gasteiger partial charge on any atom is -0.306 e. The van der Waals surface area contributed by atoms with E-state index in [2.05, 4.69) is 10.1 Å².